The van der Waals surface area contributed by atoms with E-state index >= 15 is 0 Å². The van der Waals surface area contributed by atoms with E-state index in [1.807, 2.05) is 141 Å². The molecule has 145 heavy (non-hydrogen) atoms. The first-order valence-electron chi connectivity index (χ1n) is 48.4. The van der Waals surface area contributed by atoms with Gasteiger partial charge in [-0.25, -0.2) is 8.42 Å². The Kier molecular flexibility index (Phi) is 28.7. The molecule has 4 spiro atoms. The second kappa shape index (κ2) is 41.3. The summed E-state index contributed by atoms with van der Waals surface area (Å²) >= 11 is 0. The third-order valence-corrected chi connectivity index (χ3v) is 28.9. The van der Waals surface area contributed by atoms with E-state index in [1.54, 1.807) is 90.6 Å². The van der Waals surface area contributed by atoms with Gasteiger partial charge < -0.3 is 71.5 Å². The van der Waals surface area contributed by atoms with E-state index in [1.165, 1.54) is 27.2 Å². The molecule has 4 aliphatic carbocycles. The van der Waals surface area contributed by atoms with Crippen molar-refractivity contribution < 1.29 is 79.3 Å². The number of likely N-dealkylation sites (N-methyl/N-ethyl adjacent to an activating group) is 2. The third-order valence-electron chi connectivity index (χ3n) is 28.0. The molecule has 4 aliphatic heterocycles. The number of benzene rings is 8. The molecular formula is C109H112N18O17S. The number of carbonyl (C=O) groups is 6. The number of carboxylic acid groups (broad SMARTS) is 1. The number of aromatic nitrogens is 8. The number of likely N-dealkylation sites (tertiary alicyclic amines) is 4. The molecule has 12 aromatic rings. The molecule has 8 aromatic carbocycles. The van der Waals surface area contributed by atoms with Crippen molar-refractivity contribution in [1.29, 1.82) is 21.0 Å². The lowest BCUT2D eigenvalue weighted by Crippen LogP contribution is -2.38. The molecule has 746 valence electrons. The third kappa shape index (κ3) is 21.1. The zero-order valence-electron chi connectivity index (χ0n) is 83.2. The topological polar surface area (TPSA) is 464 Å². The average Bonchev–Trinajstić information content (AvgIpc) is 1.59. The van der Waals surface area contributed by atoms with Gasteiger partial charge in [-0.3, -0.25) is 28.8 Å². The summed E-state index contributed by atoms with van der Waals surface area (Å²) in [5, 5.41) is 64.3. The van der Waals surface area contributed by atoms with Gasteiger partial charge in [-0.05, 0) is 238 Å². The Morgan fingerprint density at radius 2 is 0.676 bits per heavy atom. The Hall–Kier alpha value is -15.8. The highest BCUT2D eigenvalue weighted by molar-refractivity contribution is 7.90. The number of carboxylic acids is 1. The van der Waals surface area contributed by atoms with Gasteiger partial charge in [-0.15, -0.1) is 0 Å². The molecule has 0 radical (unpaired) electrons. The number of nitriles is 4. The number of hydrogen-bond acceptors (Lipinski definition) is 29. The first-order chi connectivity index (χ1) is 69.4. The maximum Gasteiger partial charge on any atom is 0.323 e. The number of carbonyl (C=O) groups excluding carboxylic acids is 5. The van der Waals surface area contributed by atoms with Crippen LogP contribution < -0.4 is 18.9 Å². The van der Waals surface area contributed by atoms with Gasteiger partial charge in [0.25, 0.3) is 23.6 Å². The van der Waals surface area contributed by atoms with Crippen molar-refractivity contribution >= 4 is 45.3 Å². The number of sulfone groups is 1. The minimum atomic E-state index is -3.15. The van der Waals surface area contributed by atoms with Crippen LogP contribution in [-0.2, 0) is 85.9 Å². The summed E-state index contributed by atoms with van der Waals surface area (Å²) in [6.45, 7) is 19.1. The van der Waals surface area contributed by atoms with E-state index < -0.39 is 21.2 Å². The maximum atomic E-state index is 12.8. The van der Waals surface area contributed by atoms with Crippen LogP contribution in [0.2, 0.25) is 0 Å². The van der Waals surface area contributed by atoms with Crippen molar-refractivity contribution in [1.82, 2.24) is 70.0 Å². The van der Waals surface area contributed by atoms with Gasteiger partial charge in [0.05, 0.1) is 59.0 Å². The average molecular weight is 1980 g/mol. The minimum absolute atomic E-state index is 0.00786. The molecule has 20 rings (SSSR count). The highest BCUT2D eigenvalue weighted by Gasteiger charge is 2.54. The maximum absolute atomic E-state index is 12.8. The predicted octanol–water partition coefficient (Wildman–Crippen LogP) is 14.7. The van der Waals surface area contributed by atoms with Crippen LogP contribution in [0.1, 0.15) is 174 Å². The van der Waals surface area contributed by atoms with Gasteiger partial charge in [-0.1, -0.05) is 93.4 Å². The summed E-state index contributed by atoms with van der Waals surface area (Å²) < 4.78 is 68.4. The molecule has 4 fully saturated rings. The molecule has 4 aromatic heterocycles. The fourth-order valence-electron chi connectivity index (χ4n) is 21.3. The van der Waals surface area contributed by atoms with Crippen LogP contribution in [0.4, 0.5) is 0 Å². The summed E-state index contributed by atoms with van der Waals surface area (Å²) in [6, 6.07) is 53.5. The zero-order valence-corrected chi connectivity index (χ0v) is 84.0. The Balaban J connectivity index is 0.000000132. The van der Waals surface area contributed by atoms with Crippen LogP contribution >= 0.6 is 0 Å². The van der Waals surface area contributed by atoms with E-state index in [0.29, 0.717) is 160 Å². The van der Waals surface area contributed by atoms with Crippen LogP contribution in [0, 0.1) is 45.3 Å². The number of aliphatic carboxylic acids is 1. The molecule has 35 nitrogen and oxygen atoms in total. The fraction of sp³-hybridized carbons (Fsp3) is 0.394. The molecule has 5 amide bonds. The van der Waals surface area contributed by atoms with Crippen LogP contribution in [0.15, 0.2) is 164 Å². The van der Waals surface area contributed by atoms with E-state index in [9.17, 15) is 58.2 Å². The lowest BCUT2D eigenvalue weighted by atomic mass is 9.80. The molecule has 1 N–H and O–H groups in total. The predicted molar refractivity (Wildman–Crippen MR) is 532 cm³/mol. The van der Waals surface area contributed by atoms with Gasteiger partial charge in [0.1, 0.15) is 63.7 Å². The number of rotatable bonds is 26. The van der Waals surface area contributed by atoms with Crippen LogP contribution in [0.5, 0.6) is 23.0 Å². The van der Waals surface area contributed by atoms with E-state index in [4.69, 9.17) is 42.1 Å². The number of ether oxygens (including phenoxy) is 4. The van der Waals surface area contributed by atoms with Crippen molar-refractivity contribution in [2.45, 2.75) is 179 Å². The second-order valence-electron chi connectivity index (χ2n) is 40.1. The molecule has 0 bridgehead atoms. The highest BCUT2D eigenvalue weighted by Crippen LogP contribution is 2.54. The molecule has 0 saturated carbocycles. The molecule has 4 unspecified atom stereocenters. The van der Waals surface area contributed by atoms with Crippen LogP contribution in [0.25, 0.3) is 91.4 Å². The van der Waals surface area contributed by atoms with Gasteiger partial charge in [-0.2, -0.15) is 41.0 Å². The lowest BCUT2D eigenvalue weighted by molar-refractivity contribution is -0.142. The van der Waals surface area contributed by atoms with Crippen molar-refractivity contribution in [3.05, 3.63) is 212 Å². The minimum Gasteiger partial charge on any atom is -0.490 e. The molecule has 4 atom stereocenters. The quantitative estimate of drug-likeness (QED) is 0.0526. The van der Waals surface area contributed by atoms with Gasteiger partial charge in [0.15, 0.2) is 0 Å². The molecular weight excluding hydrogens is 1870 g/mol. The first kappa shape index (κ1) is 101. The fourth-order valence-corrected chi connectivity index (χ4v) is 21.8. The number of nitrogens with zero attached hydrogens (tertiary/aromatic N) is 18. The summed E-state index contributed by atoms with van der Waals surface area (Å²) in [5.74, 6) is 4.15. The van der Waals surface area contributed by atoms with E-state index in [-0.39, 0.29) is 95.6 Å². The Bertz CT molecular complexity index is 7370. The van der Waals surface area contributed by atoms with E-state index in [0.717, 1.165) is 127 Å². The molecule has 4 saturated heterocycles. The SMILES string of the molecule is CC(C)Oc1ccc(-c2nc(-c3cccc4c3CCC43CC(=O)N(CC(=O)N(C)C)C3)no2)cc1C#N.CC(C)Oc1ccc(-c2nc(-c3cccc4c3CCC43CC(=O)N(CC(=O)O)C3)no2)cc1C#N.CC(C)Oc1ccc(-c2nc(-c3cccc4c3CCC43CC(=O)N(CCN(C)C)C3)no2)cc1C#N.CC(C)Oc1ccc(-c2nc(-c3cccc4c3CCC43CC(=O)N(CCS(C)(=O)=O)C3)no2)cc1C#N. The van der Waals surface area contributed by atoms with Gasteiger partial charge in [0.2, 0.25) is 52.8 Å². The number of amides is 5. The Labute approximate surface area is 839 Å². The molecule has 8 aliphatic rings. The van der Waals surface area contributed by atoms with Crippen molar-refractivity contribution in [3.8, 4) is 139 Å². The molecule has 8 heterocycles. The van der Waals surface area contributed by atoms with Crippen molar-refractivity contribution in [2.24, 2.45) is 0 Å². The summed E-state index contributed by atoms with van der Waals surface area (Å²) in [4.78, 5) is 103. The standard InChI is InChI=1S/C28H29N5O4.C28H31N5O3.C27H28N4O5S.C26H24N4O5/c1-17(2)36-23-9-8-18(12-19(23)14-29)27-30-26(31-37-27)21-6-5-7-22-20(21)10-11-28(22)13-24(34)33(16-28)15-25(35)32(3)4;1-18(2)35-24-9-8-19(14-20(24)16-29)27-30-26(31-36-27)22-6-5-7-23-21(22)10-11-28(23)15-25(34)33(17-28)13-12-32(3)4;1-17(2)35-23-8-7-18(13-19(23)15-28)26-29-25(30-36-26)21-5-4-6-22-20(21)9-10-27(22)14-24(32)31(16-27)11-12-37(3,33)34;1-15(2)34-21-7-6-16(10-17(21)12-27)25-28-24(29-35-25)19-4-3-5-20-18(19)8-9-26(20)11-22(31)30(14-26)13-23(32)33/h5-9,12,17H,10-11,13,15-16H2,1-4H3;5-9,14,18H,10-13,15,17H2,1-4H3;4-8,13,17H,9-12,14,16H2,1-3H3;3-7,10,15H,8-9,11,13-14H2,1-2H3,(H,32,33). The number of fused-ring (bicyclic) bond motifs is 8. The Morgan fingerprint density at radius 3 is 0.931 bits per heavy atom. The van der Waals surface area contributed by atoms with Crippen LogP contribution in [0.3, 0.4) is 0 Å². The highest BCUT2D eigenvalue weighted by atomic mass is 32.2. The monoisotopic (exact) mass is 1980 g/mol. The van der Waals surface area contributed by atoms with Gasteiger partial charge in [0, 0.05) is 158 Å². The van der Waals surface area contributed by atoms with E-state index in [2.05, 4.69) is 81.9 Å². The molecule has 36 heteroatoms. The normalized spacial score (nSPS) is 18.8. The second-order valence-corrected chi connectivity index (χ2v) is 42.3. The summed E-state index contributed by atoms with van der Waals surface area (Å²) in [7, 11) is 4.30. The van der Waals surface area contributed by atoms with Crippen LogP contribution in [-0.4, -0.2) is 243 Å². The summed E-state index contributed by atoms with van der Waals surface area (Å²) in [6.07, 6.45) is 9.11. The Morgan fingerprint density at radius 1 is 0.407 bits per heavy atom. The smallest absolute Gasteiger partial charge is 0.323 e. The zero-order chi connectivity index (χ0) is 103. The van der Waals surface area contributed by atoms with Crippen molar-refractivity contribution in [3.63, 3.8) is 0 Å². The van der Waals surface area contributed by atoms with Crippen molar-refractivity contribution in [2.75, 3.05) is 99.1 Å². The first-order valence-corrected chi connectivity index (χ1v) is 50.5. The largest absolute Gasteiger partial charge is 0.490 e. The summed E-state index contributed by atoms with van der Waals surface area (Å²) in [5.41, 5.74) is 15.4. The van der Waals surface area contributed by atoms with Gasteiger partial charge >= 0.3 is 5.97 Å². The lowest BCUT2D eigenvalue weighted by Gasteiger charge is -2.25. The number of hydrogen-bond donors (Lipinski definition) is 1.